The Bertz CT molecular complexity index is 795. The van der Waals surface area contributed by atoms with Crippen LogP contribution in [0, 0.1) is 0 Å². The molecule has 0 amide bonds. The third kappa shape index (κ3) is 7.20. The number of hydrogen-bond donors (Lipinski definition) is 2. The average Bonchev–Trinajstić information content (AvgIpc) is 2.67. The van der Waals surface area contributed by atoms with E-state index in [1.165, 1.54) is 26.0 Å². The third-order valence-electron chi connectivity index (χ3n) is 4.20. The molecule has 0 saturated carbocycles. The Kier molecular flexibility index (Phi) is 9.48. The van der Waals surface area contributed by atoms with Gasteiger partial charge in [0.15, 0.2) is 0 Å². The Morgan fingerprint density at radius 1 is 0.767 bits per heavy atom. The van der Waals surface area contributed by atoms with E-state index in [1.54, 1.807) is 0 Å². The van der Waals surface area contributed by atoms with Crippen LogP contribution in [0.5, 0.6) is 0 Å². The van der Waals surface area contributed by atoms with Gasteiger partial charge in [0.05, 0.1) is 24.3 Å². The fourth-order valence-electron chi connectivity index (χ4n) is 2.74. The fraction of sp³-hybridized carbons (Fsp3) is 0.364. The average molecular weight is 418 g/mol. The predicted octanol–water partition coefficient (Wildman–Crippen LogP) is 3.19. The summed E-state index contributed by atoms with van der Waals surface area (Å²) in [5.41, 5.74) is 1.19. The predicted molar refractivity (Wildman–Crippen MR) is 109 cm³/mol. The van der Waals surface area contributed by atoms with Crippen LogP contribution in [0.25, 0.3) is 0 Å². The highest BCUT2D eigenvalue weighted by Crippen LogP contribution is 2.24. The number of carboxylic acid groups (broad SMARTS) is 2. The molecule has 0 atom stereocenters. The molecule has 0 saturated heterocycles. The van der Waals surface area contributed by atoms with Gasteiger partial charge in [0.2, 0.25) is 0 Å². The van der Waals surface area contributed by atoms with Crippen LogP contribution in [0.15, 0.2) is 36.4 Å². The van der Waals surface area contributed by atoms with E-state index in [0.717, 1.165) is 0 Å². The zero-order valence-electron chi connectivity index (χ0n) is 17.2. The summed E-state index contributed by atoms with van der Waals surface area (Å²) in [5.74, 6) is -3.47. The van der Waals surface area contributed by atoms with E-state index in [1.807, 2.05) is 0 Å². The lowest BCUT2D eigenvalue weighted by atomic mass is 9.90. The molecule has 0 aliphatic rings. The van der Waals surface area contributed by atoms with Crippen LogP contribution < -0.4 is 0 Å². The van der Waals surface area contributed by atoms with Crippen molar-refractivity contribution in [2.45, 2.75) is 39.5 Å². The van der Waals surface area contributed by atoms with Crippen LogP contribution in [-0.2, 0) is 31.9 Å². The molecule has 8 heteroatoms. The maximum absolute atomic E-state index is 11.7. The molecule has 0 heterocycles. The monoisotopic (exact) mass is 418 g/mol. The third-order valence-corrected chi connectivity index (χ3v) is 4.20. The number of hydrogen-bond acceptors (Lipinski definition) is 6. The quantitative estimate of drug-likeness (QED) is 0.301. The maximum atomic E-state index is 11.7. The van der Waals surface area contributed by atoms with Gasteiger partial charge in [-0.15, -0.1) is 0 Å². The van der Waals surface area contributed by atoms with Crippen molar-refractivity contribution in [1.82, 2.24) is 0 Å². The van der Waals surface area contributed by atoms with Gasteiger partial charge in [-0.2, -0.15) is 0 Å². The maximum Gasteiger partial charge on any atom is 0.335 e. The van der Waals surface area contributed by atoms with Gasteiger partial charge in [0.1, 0.15) is 0 Å². The molecule has 0 aromatic heterocycles. The molecule has 1 aromatic carbocycles. The van der Waals surface area contributed by atoms with E-state index >= 15 is 0 Å². The van der Waals surface area contributed by atoms with E-state index in [0.29, 0.717) is 24.0 Å². The van der Waals surface area contributed by atoms with Crippen LogP contribution in [-0.4, -0.2) is 47.3 Å². The highest BCUT2D eigenvalue weighted by molar-refractivity contribution is 5.95. The van der Waals surface area contributed by atoms with Crippen molar-refractivity contribution in [2.24, 2.45) is 0 Å². The van der Waals surface area contributed by atoms with Crippen molar-refractivity contribution >= 4 is 23.9 Å². The van der Waals surface area contributed by atoms with Gasteiger partial charge in [-0.3, -0.25) is 0 Å². The Balaban J connectivity index is 3.04. The zero-order chi connectivity index (χ0) is 22.8. The zero-order valence-corrected chi connectivity index (χ0v) is 17.2. The molecule has 162 valence electrons. The van der Waals surface area contributed by atoms with E-state index in [-0.39, 0.29) is 48.3 Å². The first-order chi connectivity index (χ1) is 14.1. The summed E-state index contributed by atoms with van der Waals surface area (Å²) >= 11 is 0. The lowest BCUT2D eigenvalue weighted by Crippen LogP contribution is -2.14. The second kappa shape index (κ2) is 11.5. The molecule has 0 aliphatic carbocycles. The fourth-order valence-corrected chi connectivity index (χ4v) is 2.74. The SMILES string of the molecule is C=C(C)C(=O)OCCCc1c(C(=O)O)ccc(C(=O)O)c1CCCOC(=O)C(=C)C. The molecule has 0 spiro atoms. The number of ether oxygens (including phenoxy) is 2. The van der Waals surface area contributed by atoms with Crippen LogP contribution in [0.2, 0.25) is 0 Å². The summed E-state index contributed by atoms with van der Waals surface area (Å²) in [6, 6.07) is 2.51. The van der Waals surface area contributed by atoms with Crippen LogP contribution >= 0.6 is 0 Å². The van der Waals surface area contributed by atoms with Gasteiger partial charge in [-0.1, -0.05) is 13.2 Å². The van der Waals surface area contributed by atoms with Crippen molar-refractivity contribution in [1.29, 1.82) is 0 Å². The minimum atomic E-state index is -1.18. The van der Waals surface area contributed by atoms with Gasteiger partial charge in [-0.05, 0) is 62.8 Å². The second-order valence-corrected chi connectivity index (χ2v) is 6.77. The molecule has 1 rings (SSSR count). The molecule has 0 unspecified atom stereocenters. The topological polar surface area (TPSA) is 127 Å². The van der Waals surface area contributed by atoms with Crippen LogP contribution in [0.4, 0.5) is 0 Å². The molecular formula is C22H26O8. The van der Waals surface area contributed by atoms with Crippen molar-refractivity contribution < 1.29 is 38.9 Å². The molecule has 1 aromatic rings. The lowest BCUT2D eigenvalue weighted by Gasteiger charge is -2.16. The molecule has 30 heavy (non-hydrogen) atoms. The van der Waals surface area contributed by atoms with E-state index in [2.05, 4.69) is 13.2 Å². The Morgan fingerprint density at radius 3 is 1.37 bits per heavy atom. The molecule has 0 bridgehead atoms. The molecular weight excluding hydrogens is 392 g/mol. The summed E-state index contributed by atoms with van der Waals surface area (Å²) < 4.78 is 10.0. The smallest absolute Gasteiger partial charge is 0.335 e. The summed E-state index contributed by atoms with van der Waals surface area (Å²) in [5, 5.41) is 19.0. The van der Waals surface area contributed by atoms with Gasteiger partial charge < -0.3 is 19.7 Å². The van der Waals surface area contributed by atoms with Gasteiger partial charge in [0.25, 0.3) is 0 Å². The largest absolute Gasteiger partial charge is 0.478 e. The van der Waals surface area contributed by atoms with Crippen LogP contribution in [0.3, 0.4) is 0 Å². The first-order valence-corrected chi connectivity index (χ1v) is 9.32. The van der Waals surface area contributed by atoms with E-state index < -0.39 is 23.9 Å². The number of esters is 2. The van der Waals surface area contributed by atoms with Gasteiger partial charge >= 0.3 is 23.9 Å². The second-order valence-electron chi connectivity index (χ2n) is 6.77. The number of carboxylic acids is 2. The highest BCUT2D eigenvalue weighted by Gasteiger charge is 2.21. The summed E-state index contributed by atoms with van der Waals surface area (Å²) in [7, 11) is 0. The van der Waals surface area contributed by atoms with Crippen molar-refractivity contribution in [3.05, 3.63) is 58.7 Å². The number of aromatic carboxylic acids is 2. The molecule has 0 fully saturated rings. The normalized spacial score (nSPS) is 10.2. The van der Waals surface area contributed by atoms with Crippen LogP contribution in [0.1, 0.15) is 58.5 Å². The van der Waals surface area contributed by atoms with Gasteiger partial charge in [-0.25, -0.2) is 19.2 Å². The minimum absolute atomic E-state index is 0.0137. The molecule has 0 aliphatic heterocycles. The van der Waals surface area contributed by atoms with E-state index in [4.69, 9.17) is 9.47 Å². The van der Waals surface area contributed by atoms with E-state index in [9.17, 15) is 29.4 Å². The Morgan fingerprint density at radius 2 is 1.10 bits per heavy atom. The molecule has 2 N–H and O–H groups in total. The molecule has 8 nitrogen and oxygen atoms in total. The highest BCUT2D eigenvalue weighted by atomic mass is 16.5. The minimum Gasteiger partial charge on any atom is -0.478 e. The number of benzene rings is 1. The summed E-state index contributed by atoms with van der Waals surface area (Å²) in [4.78, 5) is 46.3. The standard InChI is InChI=1S/C22H26O8/c1-13(2)21(27)29-11-5-7-15-16(8-6-12-30-22(28)14(3)4)18(20(25)26)10-9-17(15)19(23)24/h9-10H,1,3,5-8,11-12H2,2,4H3,(H,23,24)(H,25,26). The summed E-state index contributed by atoms with van der Waals surface area (Å²) in [6.07, 6.45) is 1.01. The summed E-state index contributed by atoms with van der Waals surface area (Å²) in [6.45, 7) is 10.1. The first-order valence-electron chi connectivity index (χ1n) is 9.32. The number of carbonyl (C=O) groups is 4. The van der Waals surface area contributed by atoms with Crippen molar-refractivity contribution in [2.75, 3.05) is 13.2 Å². The first kappa shape index (κ1) is 24.6. The number of carbonyl (C=O) groups excluding carboxylic acids is 2. The lowest BCUT2D eigenvalue weighted by molar-refractivity contribution is -0.139. The Labute approximate surface area is 174 Å². The Hall–Kier alpha value is -3.42. The molecule has 0 radical (unpaired) electrons. The number of rotatable bonds is 12. The van der Waals surface area contributed by atoms with Crippen molar-refractivity contribution in [3.63, 3.8) is 0 Å². The van der Waals surface area contributed by atoms with Gasteiger partial charge in [0, 0.05) is 11.1 Å². The van der Waals surface area contributed by atoms with Crippen molar-refractivity contribution in [3.8, 4) is 0 Å².